The third-order valence-electron chi connectivity index (χ3n) is 6.95. The van der Waals surface area contributed by atoms with Crippen molar-refractivity contribution >= 4 is 41.0 Å². The Hall–Kier alpha value is -2.61. The van der Waals surface area contributed by atoms with Gasteiger partial charge in [-0.1, -0.05) is 29.3 Å². The highest BCUT2D eigenvalue weighted by Crippen LogP contribution is 2.32. The molecule has 2 fully saturated rings. The maximum atomic E-state index is 12.0. The molecule has 4 rings (SSSR count). The monoisotopic (exact) mass is 545 g/mol. The van der Waals surface area contributed by atoms with E-state index >= 15 is 0 Å². The Morgan fingerprint density at radius 1 is 1.16 bits per heavy atom. The molecule has 0 bridgehead atoms. The number of hydrogen-bond acceptors (Lipinski definition) is 6. The summed E-state index contributed by atoms with van der Waals surface area (Å²) >= 11 is 12.3. The number of nitrogens with one attached hydrogen (secondary N) is 2. The van der Waals surface area contributed by atoms with Gasteiger partial charge in [-0.2, -0.15) is 0 Å². The van der Waals surface area contributed by atoms with Crippen molar-refractivity contribution in [2.75, 3.05) is 56.6 Å². The number of ether oxygens (including phenoxy) is 1. The van der Waals surface area contributed by atoms with Crippen molar-refractivity contribution in [1.82, 2.24) is 15.1 Å². The number of rotatable bonds is 10. The Labute approximate surface area is 230 Å². The highest BCUT2D eigenvalue weighted by atomic mass is 35.5. The van der Waals surface area contributed by atoms with Gasteiger partial charge in [0.25, 0.3) is 0 Å². The zero-order valence-corrected chi connectivity index (χ0v) is 23.2. The molecule has 2 aromatic carbocycles. The number of anilines is 2. The lowest BCUT2D eigenvalue weighted by atomic mass is 10.1. The maximum absolute atomic E-state index is 12.0. The number of piperidine rings is 1. The summed E-state index contributed by atoms with van der Waals surface area (Å²) in [5.74, 6) is 1.76. The molecular weight excluding hydrogens is 509 g/mol. The second kappa shape index (κ2) is 13.3. The van der Waals surface area contributed by atoms with Crippen LogP contribution in [0.1, 0.15) is 31.7 Å². The van der Waals surface area contributed by atoms with Gasteiger partial charge in [-0.25, -0.2) is 0 Å². The van der Waals surface area contributed by atoms with Gasteiger partial charge in [-0.3, -0.25) is 4.79 Å². The summed E-state index contributed by atoms with van der Waals surface area (Å²) in [6, 6.07) is 11.7. The van der Waals surface area contributed by atoms with Crippen LogP contribution in [-0.2, 0) is 11.2 Å². The number of likely N-dealkylation sites (tertiary alicyclic amines) is 1. The number of carbonyl (C=O) groups excluding carboxylic acids is 1. The summed E-state index contributed by atoms with van der Waals surface area (Å²) in [5.41, 5.74) is 2.58. The van der Waals surface area contributed by atoms with E-state index in [1.54, 1.807) is 18.1 Å². The molecular formula is C28H37Cl2N5O2. The number of methoxy groups -OCH3 is 1. The summed E-state index contributed by atoms with van der Waals surface area (Å²) in [6.07, 6.45) is 7.46. The average Bonchev–Trinajstić information content (AvgIpc) is 2.90. The molecule has 1 atom stereocenters. The van der Waals surface area contributed by atoms with Crippen molar-refractivity contribution < 1.29 is 9.53 Å². The Morgan fingerprint density at radius 2 is 1.97 bits per heavy atom. The lowest BCUT2D eigenvalue weighted by Gasteiger charge is -2.37. The first kappa shape index (κ1) is 27.4. The number of halogens is 2. The molecule has 7 nitrogen and oxygen atoms in total. The van der Waals surface area contributed by atoms with Crippen LogP contribution in [0.25, 0.3) is 0 Å². The molecule has 2 heterocycles. The number of piperazine rings is 1. The van der Waals surface area contributed by atoms with E-state index < -0.39 is 0 Å². The van der Waals surface area contributed by atoms with Gasteiger partial charge in [-0.15, -0.1) is 0 Å². The molecule has 2 aromatic rings. The van der Waals surface area contributed by atoms with Crippen molar-refractivity contribution in [3.8, 4) is 5.75 Å². The zero-order chi connectivity index (χ0) is 26.2. The molecule has 2 aliphatic rings. The van der Waals surface area contributed by atoms with E-state index in [0.29, 0.717) is 34.8 Å². The second-order valence-corrected chi connectivity index (χ2v) is 10.5. The third kappa shape index (κ3) is 7.46. The number of nitrogens with zero attached hydrogens (tertiary/aromatic N) is 3. The summed E-state index contributed by atoms with van der Waals surface area (Å²) in [6.45, 7) is 7.67. The molecule has 0 unspecified atom stereocenters. The second-order valence-electron chi connectivity index (χ2n) is 9.71. The van der Waals surface area contributed by atoms with Crippen LogP contribution in [0.3, 0.4) is 0 Å². The van der Waals surface area contributed by atoms with Gasteiger partial charge in [0.15, 0.2) is 0 Å². The number of hydrogen-bond donors (Lipinski definition) is 2. The van der Waals surface area contributed by atoms with Gasteiger partial charge in [0.2, 0.25) is 6.41 Å². The van der Waals surface area contributed by atoms with Crippen LogP contribution in [0.4, 0.5) is 11.4 Å². The van der Waals surface area contributed by atoms with Crippen LogP contribution in [0.2, 0.25) is 10.0 Å². The first-order valence-corrected chi connectivity index (χ1v) is 13.8. The topological polar surface area (TPSA) is 60.1 Å². The fourth-order valence-corrected chi connectivity index (χ4v) is 5.38. The smallest absolute Gasteiger partial charge is 0.214 e. The molecule has 37 heavy (non-hydrogen) atoms. The quantitative estimate of drug-likeness (QED) is 0.400. The summed E-state index contributed by atoms with van der Waals surface area (Å²) in [7, 11) is 1.66. The first-order valence-electron chi connectivity index (χ1n) is 13.0. The van der Waals surface area contributed by atoms with Gasteiger partial charge >= 0.3 is 0 Å². The molecule has 0 spiro atoms. The van der Waals surface area contributed by atoms with E-state index in [-0.39, 0.29) is 0 Å². The Bertz CT molecular complexity index is 1090. The lowest BCUT2D eigenvalue weighted by molar-refractivity contribution is -0.107. The van der Waals surface area contributed by atoms with Crippen LogP contribution < -0.4 is 20.3 Å². The predicted octanol–water partition coefficient (Wildman–Crippen LogP) is 5.20. The van der Waals surface area contributed by atoms with Crippen LogP contribution >= 0.6 is 23.2 Å². The molecule has 0 radical (unpaired) electrons. The molecule has 2 N–H and O–H groups in total. The SMILES string of the molecule is COc1cc(N(C=O)CCc2ccc(Cl)cc2Cl)ccc1N/C(=C/N1CCCCC1)N1CCN[C@@H](C)C1. The van der Waals surface area contributed by atoms with E-state index in [0.717, 1.165) is 61.9 Å². The van der Waals surface area contributed by atoms with Crippen molar-refractivity contribution in [1.29, 1.82) is 0 Å². The zero-order valence-electron chi connectivity index (χ0n) is 21.7. The predicted molar refractivity (Wildman–Crippen MR) is 153 cm³/mol. The van der Waals surface area contributed by atoms with Gasteiger partial charge in [0.1, 0.15) is 11.6 Å². The first-order chi connectivity index (χ1) is 18.0. The Kier molecular flexibility index (Phi) is 9.83. The van der Waals surface area contributed by atoms with Crippen molar-refractivity contribution in [2.24, 2.45) is 0 Å². The summed E-state index contributed by atoms with van der Waals surface area (Å²) < 4.78 is 5.76. The minimum atomic E-state index is 0.417. The van der Waals surface area contributed by atoms with Gasteiger partial charge in [-0.05, 0) is 62.4 Å². The largest absolute Gasteiger partial charge is 0.494 e. The van der Waals surface area contributed by atoms with Crippen LogP contribution in [0.5, 0.6) is 5.75 Å². The molecule has 9 heteroatoms. The highest BCUT2D eigenvalue weighted by Gasteiger charge is 2.21. The van der Waals surface area contributed by atoms with E-state index in [1.165, 1.54) is 19.3 Å². The van der Waals surface area contributed by atoms with E-state index in [4.69, 9.17) is 27.9 Å². The highest BCUT2D eigenvalue weighted by molar-refractivity contribution is 6.35. The van der Waals surface area contributed by atoms with E-state index in [9.17, 15) is 4.79 Å². The lowest BCUT2D eigenvalue weighted by Crippen LogP contribution is -2.50. The van der Waals surface area contributed by atoms with Crippen molar-refractivity contribution in [2.45, 2.75) is 38.6 Å². The molecule has 2 aliphatic heterocycles. The standard InChI is InChI=1S/C28H37Cl2N5O2/c1-21-18-34(15-11-31-21)28(19-33-12-4-3-5-13-33)32-26-9-8-24(17-27(26)37-2)35(20-36)14-10-22-6-7-23(29)16-25(22)30/h6-9,16-17,19-21,31-32H,3-5,10-15,18H2,1-2H3/b28-19-/t21-/m0/s1. The molecule has 2 saturated heterocycles. The number of carbonyl (C=O) groups is 1. The minimum absolute atomic E-state index is 0.417. The van der Waals surface area contributed by atoms with Crippen molar-refractivity contribution in [3.63, 3.8) is 0 Å². The number of benzene rings is 2. The van der Waals surface area contributed by atoms with E-state index in [1.807, 2.05) is 30.3 Å². The van der Waals surface area contributed by atoms with Gasteiger partial charge < -0.3 is 30.1 Å². The molecule has 1 amide bonds. The normalized spacial score (nSPS) is 18.5. The fraction of sp³-hybridized carbons (Fsp3) is 0.464. The van der Waals surface area contributed by atoms with Crippen molar-refractivity contribution in [3.05, 3.63) is 64.0 Å². The van der Waals surface area contributed by atoms with Crippen LogP contribution in [0, 0.1) is 0 Å². The van der Waals surface area contributed by atoms with Gasteiger partial charge in [0.05, 0.1) is 12.8 Å². The molecule has 0 aromatic heterocycles. The molecule has 0 aliphatic carbocycles. The maximum Gasteiger partial charge on any atom is 0.214 e. The average molecular weight is 547 g/mol. The summed E-state index contributed by atoms with van der Waals surface area (Å²) in [4.78, 5) is 18.5. The number of amides is 1. The summed E-state index contributed by atoms with van der Waals surface area (Å²) in [5, 5.41) is 8.37. The minimum Gasteiger partial charge on any atom is -0.494 e. The van der Waals surface area contributed by atoms with E-state index in [2.05, 4.69) is 33.6 Å². The molecule has 0 saturated carbocycles. The van der Waals surface area contributed by atoms with Gasteiger partial charge in [0, 0.05) is 73.3 Å². The van der Waals surface area contributed by atoms with Crippen LogP contribution in [0.15, 0.2) is 48.4 Å². The third-order valence-corrected chi connectivity index (χ3v) is 7.54. The Balaban J connectivity index is 1.52. The Morgan fingerprint density at radius 3 is 2.68 bits per heavy atom. The fourth-order valence-electron chi connectivity index (χ4n) is 4.87. The molecule has 200 valence electrons. The van der Waals surface area contributed by atoms with Crippen LogP contribution in [-0.4, -0.2) is 68.6 Å².